The summed E-state index contributed by atoms with van der Waals surface area (Å²) in [4.78, 5) is 0. The molecule has 0 aliphatic heterocycles. The van der Waals surface area contributed by atoms with Crippen molar-refractivity contribution in [1.82, 2.24) is 15.0 Å². The SMILES string of the molecule is CCCCCCCCn1cc(CCCCCCC)nn1. The van der Waals surface area contributed by atoms with Gasteiger partial charge in [-0.25, -0.2) is 0 Å². The standard InChI is InChI=1S/C17H33N3/c1-3-5-7-9-11-13-15-20-16-17(18-19-20)14-12-10-8-6-4-2/h16H,3-15H2,1-2H3. The van der Waals surface area contributed by atoms with Crippen molar-refractivity contribution in [3.05, 3.63) is 11.9 Å². The van der Waals surface area contributed by atoms with Gasteiger partial charge in [0, 0.05) is 12.7 Å². The van der Waals surface area contributed by atoms with Gasteiger partial charge in [-0.3, -0.25) is 4.68 Å². The maximum Gasteiger partial charge on any atom is 0.0827 e. The number of aryl methyl sites for hydroxylation is 2. The van der Waals surface area contributed by atoms with Crippen LogP contribution in [0.15, 0.2) is 6.20 Å². The molecule has 1 rings (SSSR count). The quantitative estimate of drug-likeness (QED) is 0.467. The van der Waals surface area contributed by atoms with Gasteiger partial charge in [0.25, 0.3) is 0 Å². The van der Waals surface area contributed by atoms with E-state index in [0.717, 1.165) is 13.0 Å². The van der Waals surface area contributed by atoms with Gasteiger partial charge in [0.1, 0.15) is 0 Å². The maximum absolute atomic E-state index is 4.28. The highest BCUT2D eigenvalue weighted by Crippen LogP contribution is 2.08. The van der Waals surface area contributed by atoms with Crippen molar-refractivity contribution in [2.75, 3.05) is 0 Å². The largest absolute Gasteiger partial charge is 0.252 e. The molecular weight excluding hydrogens is 246 g/mol. The zero-order valence-electron chi connectivity index (χ0n) is 13.6. The summed E-state index contributed by atoms with van der Waals surface area (Å²) in [6.45, 7) is 5.56. The molecule has 1 heterocycles. The fourth-order valence-corrected chi connectivity index (χ4v) is 2.53. The highest BCUT2D eigenvalue weighted by molar-refractivity contribution is 4.92. The van der Waals surface area contributed by atoms with Gasteiger partial charge in [0.15, 0.2) is 0 Å². The molecule has 0 saturated carbocycles. The van der Waals surface area contributed by atoms with Crippen LogP contribution in [0.3, 0.4) is 0 Å². The first kappa shape index (κ1) is 17.2. The number of hydrogen-bond donors (Lipinski definition) is 0. The number of nitrogens with zero attached hydrogens (tertiary/aromatic N) is 3. The molecule has 0 aliphatic rings. The van der Waals surface area contributed by atoms with Gasteiger partial charge in [0.2, 0.25) is 0 Å². The van der Waals surface area contributed by atoms with E-state index in [-0.39, 0.29) is 0 Å². The van der Waals surface area contributed by atoms with E-state index in [1.54, 1.807) is 0 Å². The molecule has 3 nitrogen and oxygen atoms in total. The summed E-state index contributed by atoms with van der Waals surface area (Å²) in [6, 6.07) is 0. The molecule has 0 radical (unpaired) electrons. The Bertz CT molecular complexity index is 320. The molecule has 0 spiro atoms. The van der Waals surface area contributed by atoms with Crippen LogP contribution in [0, 0.1) is 0 Å². The first-order valence-corrected chi connectivity index (χ1v) is 8.75. The Labute approximate surface area is 125 Å². The second-order valence-corrected chi connectivity index (χ2v) is 5.90. The van der Waals surface area contributed by atoms with Crippen molar-refractivity contribution in [2.24, 2.45) is 0 Å². The van der Waals surface area contributed by atoms with Crippen LogP contribution in [-0.2, 0) is 13.0 Å². The highest BCUT2D eigenvalue weighted by Gasteiger charge is 2.00. The summed E-state index contributed by atoms with van der Waals surface area (Å²) in [5.74, 6) is 0. The van der Waals surface area contributed by atoms with Crippen LogP contribution in [0.25, 0.3) is 0 Å². The average Bonchev–Trinajstić information content (AvgIpc) is 2.90. The van der Waals surface area contributed by atoms with Crippen LogP contribution >= 0.6 is 0 Å². The molecule has 0 unspecified atom stereocenters. The van der Waals surface area contributed by atoms with Gasteiger partial charge >= 0.3 is 0 Å². The van der Waals surface area contributed by atoms with Crippen LogP contribution in [0.2, 0.25) is 0 Å². The van der Waals surface area contributed by atoms with Crippen molar-refractivity contribution < 1.29 is 0 Å². The van der Waals surface area contributed by atoms with Gasteiger partial charge in [-0.2, -0.15) is 0 Å². The predicted molar refractivity (Wildman–Crippen MR) is 85.9 cm³/mol. The minimum atomic E-state index is 1.04. The van der Waals surface area contributed by atoms with Crippen LogP contribution in [0.1, 0.15) is 90.2 Å². The van der Waals surface area contributed by atoms with Crippen molar-refractivity contribution in [2.45, 2.75) is 97.4 Å². The molecule has 1 aromatic rings. The molecule has 0 saturated heterocycles. The topological polar surface area (TPSA) is 30.7 Å². The van der Waals surface area contributed by atoms with Gasteiger partial charge in [0.05, 0.1) is 5.69 Å². The van der Waals surface area contributed by atoms with E-state index in [1.807, 2.05) is 4.68 Å². The van der Waals surface area contributed by atoms with Crippen LogP contribution in [0.4, 0.5) is 0 Å². The molecule has 0 aliphatic carbocycles. The van der Waals surface area contributed by atoms with E-state index in [2.05, 4.69) is 30.4 Å². The summed E-state index contributed by atoms with van der Waals surface area (Å²) in [5.41, 5.74) is 1.17. The van der Waals surface area contributed by atoms with Crippen molar-refractivity contribution in [1.29, 1.82) is 0 Å². The minimum Gasteiger partial charge on any atom is -0.252 e. The first-order chi connectivity index (χ1) is 9.86. The minimum absolute atomic E-state index is 1.04. The molecule has 0 atom stereocenters. The number of hydrogen-bond acceptors (Lipinski definition) is 2. The molecule has 0 amide bonds. The van der Waals surface area contributed by atoms with Crippen LogP contribution in [0.5, 0.6) is 0 Å². The van der Waals surface area contributed by atoms with E-state index >= 15 is 0 Å². The lowest BCUT2D eigenvalue weighted by Crippen LogP contribution is -1.98. The van der Waals surface area contributed by atoms with E-state index in [4.69, 9.17) is 0 Å². The molecule has 1 aromatic heterocycles. The molecule has 3 heteroatoms. The van der Waals surface area contributed by atoms with E-state index < -0.39 is 0 Å². The van der Waals surface area contributed by atoms with E-state index in [9.17, 15) is 0 Å². The molecule has 0 N–H and O–H groups in total. The lowest BCUT2D eigenvalue weighted by molar-refractivity contribution is 0.516. The number of aromatic nitrogens is 3. The molecule has 0 aromatic carbocycles. The third-order valence-electron chi connectivity index (χ3n) is 3.86. The fraction of sp³-hybridized carbons (Fsp3) is 0.882. The monoisotopic (exact) mass is 279 g/mol. The van der Waals surface area contributed by atoms with E-state index in [0.29, 0.717) is 0 Å². The normalized spacial score (nSPS) is 11.1. The average molecular weight is 279 g/mol. The Morgan fingerprint density at radius 1 is 0.800 bits per heavy atom. The Morgan fingerprint density at radius 3 is 2.10 bits per heavy atom. The highest BCUT2D eigenvalue weighted by atomic mass is 15.4. The van der Waals surface area contributed by atoms with Crippen LogP contribution in [-0.4, -0.2) is 15.0 Å². The lowest BCUT2D eigenvalue weighted by Gasteiger charge is -2.00. The summed E-state index contributed by atoms with van der Waals surface area (Å²) >= 11 is 0. The van der Waals surface area contributed by atoms with Crippen molar-refractivity contribution in [3.8, 4) is 0 Å². The van der Waals surface area contributed by atoms with Crippen molar-refractivity contribution >= 4 is 0 Å². The second kappa shape index (κ2) is 11.9. The zero-order valence-corrected chi connectivity index (χ0v) is 13.6. The molecule has 116 valence electrons. The number of rotatable bonds is 13. The third kappa shape index (κ3) is 8.34. The molecular formula is C17H33N3. The van der Waals surface area contributed by atoms with Crippen molar-refractivity contribution in [3.63, 3.8) is 0 Å². The third-order valence-corrected chi connectivity index (χ3v) is 3.86. The molecule has 20 heavy (non-hydrogen) atoms. The lowest BCUT2D eigenvalue weighted by atomic mass is 10.1. The van der Waals surface area contributed by atoms with Crippen LogP contribution < -0.4 is 0 Å². The second-order valence-electron chi connectivity index (χ2n) is 5.90. The summed E-state index contributed by atoms with van der Waals surface area (Å²) in [6.07, 6.45) is 17.9. The molecule has 0 bridgehead atoms. The number of unbranched alkanes of at least 4 members (excludes halogenated alkanes) is 9. The first-order valence-electron chi connectivity index (χ1n) is 8.75. The van der Waals surface area contributed by atoms with Gasteiger partial charge in [-0.05, 0) is 19.3 Å². The fourth-order valence-electron chi connectivity index (χ4n) is 2.53. The summed E-state index contributed by atoms with van der Waals surface area (Å²) in [7, 11) is 0. The zero-order chi connectivity index (χ0) is 14.5. The van der Waals surface area contributed by atoms with Gasteiger partial charge in [-0.1, -0.05) is 76.8 Å². The predicted octanol–water partition coefficient (Wildman–Crippen LogP) is 5.15. The van der Waals surface area contributed by atoms with E-state index in [1.165, 1.54) is 76.3 Å². The summed E-state index contributed by atoms with van der Waals surface area (Å²) < 4.78 is 2.03. The smallest absolute Gasteiger partial charge is 0.0827 e. The Balaban J connectivity index is 2.04. The summed E-state index contributed by atoms with van der Waals surface area (Å²) in [5, 5.41) is 8.51. The van der Waals surface area contributed by atoms with Gasteiger partial charge < -0.3 is 0 Å². The molecule has 0 fully saturated rings. The Hall–Kier alpha value is -0.860. The Kier molecular flexibility index (Phi) is 10.3. The maximum atomic E-state index is 4.28. The Morgan fingerprint density at radius 2 is 1.40 bits per heavy atom. The van der Waals surface area contributed by atoms with Gasteiger partial charge in [-0.15, -0.1) is 5.10 Å².